The number of aromatic nitrogens is 2. The largest absolute Gasteiger partial charge is 0.338 e. The molecule has 1 unspecified atom stereocenters. The maximum Gasteiger partial charge on any atom is 0.253 e. The van der Waals surface area contributed by atoms with Gasteiger partial charge in [-0.25, -0.2) is 0 Å². The van der Waals surface area contributed by atoms with E-state index in [4.69, 9.17) is 0 Å². The molecule has 0 radical (unpaired) electrons. The minimum atomic E-state index is 0.0803. The zero-order valence-corrected chi connectivity index (χ0v) is 12.0. The van der Waals surface area contributed by atoms with Gasteiger partial charge < -0.3 is 4.90 Å². The highest BCUT2D eigenvalue weighted by Crippen LogP contribution is 2.20. The Morgan fingerprint density at radius 1 is 1.26 bits per heavy atom. The van der Waals surface area contributed by atoms with Crippen LogP contribution in [0.5, 0.6) is 0 Å². The van der Waals surface area contributed by atoms with Gasteiger partial charge in [-0.3, -0.25) is 14.8 Å². The fourth-order valence-electron chi connectivity index (χ4n) is 2.39. The van der Waals surface area contributed by atoms with E-state index in [0.717, 1.165) is 37.0 Å². The van der Waals surface area contributed by atoms with Crippen molar-refractivity contribution in [2.45, 2.75) is 17.7 Å². The molecule has 1 aromatic carbocycles. The molecule has 1 fully saturated rings. The van der Waals surface area contributed by atoms with Crippen molar-refractivity contribution < 1.29 is 4.79 Å². The lowest BCUT2D eigenvalue weighted by Gasteiger charge is -2.30. The Balaban J connectivity index is 1.88. The van der Waals surface area contributed by atoms with Crippen molar-refractivity contribution >= 4 is 32.9 Å². The molecule has 1 atom stereocenters. The van der Waals surface area contributed by atoms with Gasteiger partial charge in [-0.1, -0.05) is 15.9 Å². The average molecular weight is 320 g/mol. The summed E-state index contributed by atoms with van der Waals surface area (Å²) in [6, 6.07) is 5.50. The number of alkyl halides is 1. The number of hydrogen-bond donors (Lipinski definition) is 0. The predicted molar refractivity (Wildman–Crippen MR) is 77.4 cm³/mol. The standard InChI is InChI=1S/C14H14BrN3O/c15-11-2-1-7-18(9-11)14(19)10-3-4-12-13(8-10)17-6-5-16-12/h3-6,8,11H,1-2,7,9H2. The van der Waals surface area contributed by atoms with E-state index < -0.39 is 0 Å². The van der Waals surface area contributed by atoms with Gasteiger partial charge in [-0.05, 0) is 31.0 Å². The topological polar surface area (TPSA) is 46.1 Å². The number of carbonyl (C=O) groups excluding carboxylic acids is 1. The van der Waals surface area contributed by atoms with E-state index >= 15 is 0 Å². The van der Waals surface area contributed by atoms with E-state index in [1.54, 1.807) is 12.4 Å². The number of benzene rings is 1. The van der Waals surface area contributed by atoms with E-state index in [-0.39, 0.29) is 5.91 Å². The van der Waals surface area contributed by atoms with Gasteiger partial charge in [0.05, 0.1) is 11.0 Å². The highest BCUT2D eigenvalue weighted by molar-refractivity contribution is 9.09. The summed E-state index contributed by atoms with van der Waals surface area (Å²) in [4.78, 5) is 23.2. The SMILES string of the molecule is O=C(c1ccc2nccnc2c1)N1CCCC(Br)C1. The molecule has 1 aliphatic rings. The Hall–Kier alpha value is -1.49. The number of fused-ring (bicyclic) bond motifs is 1. The molecule has 2 aromatic rings. The molecule has 4 nitrogen and oxygen atoms in total. The first-order valence-corrected chi connectivity index (χ1v) is 7.30. The van der Waals surface area contributed by atoms with Crippen LogP contribution in [0.1, 0.15) is 23.2 Å². The fourth-order valence-corrected chi connectivity index (χ4v) is 3.06. The van der Waals surface area contributed by atoms with Crippen LogP contribution < -0.4 is 0 Å². The summed E-state index contributed by atoms with van der Waals surface area (Å²) < 4.78 is 0. The van der Waals surface area contributed by atoms with E-state index in [0.29, 0.717) is 10.4 Å². The molecule has 3 rings (SSSR count). The van der Waals surface area contributed by atoms with Crippen LogP contribution in [0.25, 0.3) is 11.0 Å². The maximum atomic E-state index is 12.4. The first-order valence-electron chi connectivity index (χ1n) is 6.38. The summed E-state index contributed by atoms with van der Waals surface area (Å²) >= 11 is 3.59. The van der Waals surface area contributed by atoms with Crippen LogP contribution in [0.2, 0.25) is 0 Å². The minimum absolute atomic E-state index is 0.0803. The number of rotatable bonds is 1. The Morgan fingerprint density at radius 2 is 2.05 bits per heavy atom. The molecule has 0 aliphatic carbocycles. The molecule has 0 spiro atoms. The molecular weight excluding hydrogens is 306 g/mol. The lowest BCUT2D eigenvalue weighted by molar-refractivity contribution is 0.0730. The number of nitrogens with zero attached hydrogens (tertiary/aromatic N) is 3. The normalized spacial score (nSPS) is 19.6. The van der Waals surface area contributed by atoms with Crippen molar-refractivity contribution in [3.05, 3.63) is 36.2 Å². The number of hydrogen-bond acceptors (Lipinski definition) is 3. The summed E-state index contributed by atoms with van der Waals surface area (Å²) in [7, 11) is 0. The fraction of sp³-hybridized carbons (Fsp3) is 0.357. The number of likely N-dealkylation sites (tertiary alicyclic amines) is 1. The number of carbonyl (C=O) groups is 1. The molecule has 1 amide bonds. The van der Waals surface area contributed by atoms with Crippen molar-refractivity contribution in [3.8, 4) is 0 Å². The van der Waals surface area contributed by atoms with E-state index in [1.165, 1.54) is 0 Å². The molecule has 98 valence electrons. The smallest absolute Gasteiger partial charge is 0.253 e. The van der Waals surface area contributed by atoms with Crippen LogP contribution in [-0.4, -0.2) is 38.7 Å². The predicted octanol–water partition coefficient (Wildman–Crippen LogP) is 2.63. The molecule has 1 aliphatic heterocycles. The molecular formula is C14H14BrN3O. The van der Waals surface area contributed by atoms with Crippen LogP contribution >= 0.6 is 15.9 Å². The molecule has 0 N–H and O–H groups in total. The second kappa shape index (κ2) is 5.25. The van der Waals surface area contributed by atoms with Crippen molar-refractivity contribution in [3.63, 3.8) is 0 Å². The van der Waals surface area contributed by atoms with Crippen LogP contribution in [0.3, 0.4) is 0 Å². The third kappa shape index (κ3) is 2.61. The zero-order valence-electron chi connectivity index (χ0n) is 10.4. The first kappa shape index (κ1) is 12.5. The Labute approximate surface area is 120 Å². The monoisotopic (exact) mass is 319 g/mol. The van der Waals surface area contributed by atoms with Crippen LogP contribution in [0.4, 0.5) is 0 Å². The van der Waals surface area contributed by atoms with Crippen molar-refractivity contribution in [1.29, 1.82) is 0 Å². The highest BCUT2D eigenvalue weighted by atomic mass is 79.9. The molecule has 2 heterocycles. The zero-order chi connectivity index (χ0) is 13.2. The van der Waals surface area contributed by atoms with E-state index in [9.17, 15) is 4.79 Å². The molecule has 1 saturated heterocycles. The third-order valence-electron chi connectivity index (χ3n) is 3.37. The first-order chi connectivity index (χ1) is 9.24. The van der Waals surface area contributed by atoms with Gasteiger partial charge in [-0.15, -0.1) is 0 Å². The molecule has 0 saturated carbocycles. The van der Waals surface area contributed by atoms with E-state index in [1.807, 2.05) is 23.1 Å². The number of piperidine rings is 1. The number of amides is 1. The van der Waals surface area contributed by atoms with Gasteiger partial charge in [0.25, 0.3) is 5.91 Å². The average Bonchev–Trinajstić information content (AvgIpc) is 2.46. The van der Waals surface area contributed by atoms with Gasteiger partial charge >= 0.3 is 0 Å². The van der Waals surface area contributed by atoms with Gasteiger partial charge in [0.1, 0.15) is 0 Å². The van der Waals surface area contributed by atoms with Gasteiger partial charge in [0, 0.05) is 35.9 Å². The lowest BCUT2D eigenvalue weighted by atomic mass is 10.1. The Kier molecular flexibility index (Phi) is 3.46. The highest BCUT2D eigenvalue weighted by Gasteiger charge is 2.23. The third-order valence-corrected chi connectivity index (χ3v) is 4.11. The summed E-state index contributed by atoms with van der Waals surface area (Å²) in [6.45, 7) is 1.61. The number of halogens is 1. The van der Waals surface area contributed by atoms with Gasteiger partial charge in [0.15, 0.2) is 0 Å². The molecule has 5 heteroatoms. The van der Waals surface area contributed by atoms with Crippen LogP contribution in [0.15, 0.2) is 30.6 Å². The minimum Gasteiger partial charge on any atom is -0.338 e. The van der Waals surface area contributed by atoms with Crippen LogP contribution in [0, 0.1) is 0 Å². The Bertz CT molecular complexity index is 616. The van der Waals surface area contributed by atoms with Crippen molar-refractivity contribution in [1.82, 2.24) is 14.9 Å². The van der Waals surface area contributed by atoms with Crippen LogP contribution in [-0.2, 0) is 0 Å². The van der Waals surface area contributed by atoms with Gasteiger partial charge in [0.2, 0.25) is 0 Å². The molecule has 0 bridgehead atoms. The summed E-state index contributed by atoms with van der Waals surface area (Å²) in [5, 5.41) is 0. The Morgan fingerprint density at radius 3 is 2.84 bits per heavy atom. The summed E-state index contributed by atoms with van der Waals surface area (Å²) in [6.07, 6.45) is 5.48. The van der Waals surface area contributed by atoms with Crippen molar-refractivity contribution in [2.75, 3.05) is 13.1 Å². The van der Waals surface area contributed by atoms with E-state index in [2.05, 4.69) is 25.9 Å². The van der Waals surface area contributed by atoms with Crippen molar-refractivity contribution in [2.24, 2.45) is 0 Å². The second-order valence-corrected chi connectivity index (χ2v) is 6.05. The summed E-state index contributed by atoms with van der Waals surface area (Å²) in [5.41, 5.74) is 2.27. The van der Waals surface area contributed by atoms with Gasteiger partial charge in [-0.2, -0.15) is 0 Å². The summed E-state index contributed by atoms with van der Waals surface area (Å²) in [5.74, 6) is 0.0803. The second-order valence-electron chi connectivity index (χ2n) is 4.75. The quantitative estimate of drug-likeness (QED) is 0.759. The maximum absolute atomic E-state index is 12.4. The molecule has 19 heavy (non-hydrogen) atoms. The molecule has 1 aromatic heterocycles. The lowest BCUT2D eigenvalue weighted by Crippen LogP contribution is -2.40.